The fourth-order valence-corrected chi connectivity index (χ4v) is 3.71. The molecule has 3 aromatic rings. The first-order chi connectivity index (χ1) is 15.8. The van der Waals surface area contributed by atoms with Gasteiger partial charge < -0.3 is 11.1 Å². The average molecular weight is 446 g/mol. The molecule has 0 unspecified atom stereocenters. The number of nitro benzene ring substituents is 2. The van der Waals surface area contributed by atoms with Crippen molar-refractivity contribution < 1.29 is 14.6 Å². The lowest BCUT2D eigenvalue weighted by molar-refractivity contribution is -0.393. The summed E-state index contributed by atoms with van der Waals surface area (Å²) < 4.78 is 0. The van der Waals surface area contributed by atoms with Crippen molar-refractivity contribution in [1.82, 2.24) is 5.32 Å². The van der Waals surface area contributed by atoms with Gasteiger partial charge in [0.1, 0.15) is 5.69 Å². The van der Waals surface area contributed by atoms with Crippen molar-refractivity contribution in [2.75, 3.05) is 5.73 Å². The van der Waals surface area contributed by atoms with E-state index in [4.69, 9.17) is 5.73 Å². The molecule has 9 nitrogen and oxygen atoms in total. The number of amides is 1. The van der Waals surface area contributed by atoms with Gasteiger partial charge in [0, 0.05) is 12.0 Å². The van der Waals surface area contributed by atoms with Crippen LogP contribution in [-0.2, 0) is 0 Å². The van der Waals surface area contributed by atoms with Crippen LogP contribution in [0.1, 0.15) is 39.9 Å². The molecule has 0 saturated heterocycles. The molecule has 3 N–H and O–H groups in total. The summed E-state index contributed by atoms with van der Waals surface area (Å²) in [6.07, 6.45) is 2.26. The van der Waals surface area contributed by atoms with E-state index in [9.17, 15) is 25.0 Å². The number of non-ortho nitro benzene ring substituents is 1. The lowest BCUT2D eigenvalue weighted by Crippen LogP contribution is -2.33. The Morgan fingerprint density at radius 1 is 0.970 bits per heavy atom. The molecule has 0 spiro atoms. The summed E-state index contributed by atoms with van der Waals surface area (Å²) in [5.41, 5.74) is 5.55. The highest BCUT2D eigenvalue weighted by atomic mass is 16.6. The molecule has 0 aliphatic carbocycles. The summed E-state index contributed by atoms with van der Waals surface area (Å²) in [5, 5.41) is 25.5. The van der Waals surface area contributed by atoms with Crippen LogP contribution >= 0.6 is 0 Å². The maximum absolute atomic E-state index is 13.3. The summed E-state index contributed by atoms with van der Waals surface area (Å²) in [6, 6.07) is 19.9. The van der Waals surface area contributed by atoms with E-state index >= 15 is 0 Å². The molecule has 0 aliphatic heterocycles. The van der Waals surface area contributed by atoms with Crippen LogP contribution in [0.2, 0.25) is 0 Å². The van der Waals surface area contributed by atoms with Gasteiger partial charge in [-0.2, -0.15) is 0 Å². The number of nitro groups is 2. The van der Waals surface area contributed by atoms with Crippen molar-refractivity contribution in [3.8, 4) is 0 Å². The Morgan fingerprint density at radius 3 is 2.06 bits per heavy atom. The third kappa shape index (κ3) is 5.21. The third-order valence-electron chi connectivity index (χ3n) is 5.29. The van der Waals surface area contributed by atoms with Crippen LogP contribution in [-0.4, -0.2) is 15.8 Å². The lowest BCUT2D eigenvalue weighted by atomic mass is 9.84. The second-order valence-electron chi connectivity index (χ2n) is 7.34. The van der Waals surface area contributed by atoms with E-state index in [-0.39, 0.29) is 11.5 Å². The topological polar surface area (TPSA) is 141 Å². The smallest absolute Gasteiger partial charge is 0.299 e. The van der Waals surface area contributed by atoms with Gasteiger partial charge in [0.15, 0.2) is 0 Å². The molecule has 0 aromatic heterocycles. The number of anilines is 1. The standard InChI is InChI=1S/C24H22N4O5/c1-2-9-19(16-10-5-3-6-11-16)23(17-12-7-4-8-13-17)26-24(29)20-14-18(27(30)31)15-21(22(20)25)28(32)33/h2-8,10-15,19,23H,1,9,25H2,(H,26,29)/t19-,23+/m0/s1. The van der Waals surface area contributed by atoms with Gasteiger partial charge in [-0.05, 0) is 17.5 Å². The minimum absolute atomic E-state index is 0.218. The Morgan fingerprint density at radius 2 is 1.55 bits per heavy atom. The van der Waals surface area contributed by atoms with Gasteiger partial charge in [0.05, 0.1) is 27.5 Å². The van der Waals surface area contributed by atoms with Gasteiger partial charge >= 0.3 is 0 Å². The van der Waals surface area contributed by atoms with Crippen molar-refractivity contribution in [3.63, 3.8) is 0 Å². The molecule has 0 radical (unpaired) electrons. The molecule has 3 rings (SSSR count). The average Bonchev–Trinajstić information content (AvgIpc) is 2.82. The quantitative estimate of drug-likeness (QED) is 0.207. The minimum atomic E-state index is -0.849. The molecule has 2 atom stereocenters. The van der Waals surface area contributed by atoms with Crippen molar-refractivity contribution >= 4 is 23.0 Å². The zero-order valence-electron chi connectivity index (χ0n) is 17.6. The number of nitrogen functional groups attached to an aromatic ring is 1. The Kier molecular flexibility index (Phi) is 7.14. The molecular formula is C24H22N4O5. The maximum atomic E-state index is 13.3. The zero-order valence-corrected chi connectivity index (χ0v) is 17.6. The third-order valence-corrected chi connectivity index (χ3v) is 5.29. The maximum Gasteiger partial charge on any atom is 0.299 e. The van der Waals surface area contributed by atoms with E-state index in [1.165, 1.54) is 0 Å². The van der Waals surface area contributed by atoms with E-state index in [1.807, 2.05) is 60.7 Å². The van der Waals surface area contributed by atoms with Crippen LogP contribution in [0, 0.1) is 20.2 Å². The highest BCUT2D eigenvalue weighted by Gasteiger charge is 2.30. The predicted octanol–water partition coefficient (Wildman–Crippen LogP) is 4.92. The molecular weight excluding hydrogens is 424 g/mol. The zero-order chi connectivity index (χ0) is 24.0. The van der Waals surface area contributed by atoms with Crippen LogP contribution in [0.4, 0.5) is 17.1 Å². The van der Waals surface area contributed by atoms with E-state index in [1.54, 1.807) is 6.08 Å². The summed E-state index contributed by atoms with van der Waals surface area (Å²) in [4.78, 5) is 34.3. The molecule has 168 valence electrons. The van der Waals surface area contributed by atoms with Gasteiger partial charge in [-0.25, -0.2) is 0 Å². The summed E-state index contributed by atoms with van der Waals surface area (Å²) >= 11 is 0. The Labute approximate surface area is 189 Å². The van der Waals surface area contributed by atoms with Gasteiger partial charge in [-0.15, -0.1) is 6.58 Å². The number of hydrogen-bond acceptors (Lipinski definition) is 6. The number of rotatable bonds is 9. The first-order valence-corrected chi connectivity index (χ1v) is 10.1. The Balaban J connectivity index is 2.09. The van der Waals surface area contributed by atoms with Crippen LogP contribution in [0.25, 0.3) is 0 Å². The second-order valence-corrected chi connectivity index (χ2v) is 7.34. The largest absolute Gasteiger partial charge is 0.392 e. The Hall–Kier alpha value is -4.53. The molecule has 33 heavy (non-hydrogen) atoms. The van der Waals surface area contributed by atoms with Crippen LogP contribution in [0.3, 0.4) is 0 Å². The normalized spacial score (nSPS) is 12.4. The molecule has 0 bridgehead atoms. The highest BCUT2D eigenvalue weighted by molar-refractivity contribution is 6.02. The predicted molar refractivity (Wildman–Crippen MR) is 125 cm³/mol. The Bertz CT molecular complexity index is 1180. The number of nitrogens with two attached hydrogens (primary N) is 1. The first-order valence-electron chi connectivity index (χ1n) is 10.1. The minimum Gasteiger partial charge on any atom is -0.392 e. The van der Waals surface area contributed by atoms with Gasteiger partial charge in [-0.1, -0.05) is 66.7 Å². The molecule has 1 amide bonds. The number of nitrogens with one attached hydrogen (secondary N) is 1. The summed E-state index contributed by atoms with van der Waals surface area (Å²) in [6.45, 7) is 3.83. The number of hydrogen-bond donors (Lipinski definition) is 2. The van der Waals surface area contributed by atoms with Crippen molar-refractivity contribution in [2.45, 2.75) is 18.4 Å². The van der Waals surface area contributed by atoms with E-state index in [0.29, 0.717) is 6.42 Å². The van der Waals surface area contributed by atoms with Crippen molar-refractivity contribution in [3.05, 3.63) is 122 Å². The summed E-state index contributed by atoms with van der Waals surface area (Å²) in [7, 11) is 0. The first kappa shape index (κ1) is 23.1. The van der Waals surface area contributed by atoms with Crippen LogP contribution < -0.4 is 11.1 Å². The number of benzene rings is 3. The molecule has 9 heteroatoms. The number of allylic oxidation sites excluding steroid dienone is 1. The molecule has 0 aliphatic rings. The fraction of sp³-hybridized carbons (Fsp3) is 0.125. The van der Waals surface area contributed by atoms with Gasteiger partial charge in [0.2, 0.25) is 0 Å². The van der Waals surface area contributed by atoms with Crippen molar-refractivity contribution in [1.29, 1.82) is 0 Å². The monoisotopic (exact) mass is 446 g/mol. The molecule has 0 saturated carbocycles. The van der Waals surface area contributed by atoms with Crippen LogP contribution in [0.15, 0.2) is 85.5 Å². The fourth-order valence-electron chi connectivity index (χ4n) is 3.71. The number of carbonyl (C=O) groups excluding carboxylic acids is 1. The number of nitrogens with zero attached hydrogens (tertiary/aromatic N) is 2. The molecule has 0 heterocycles. The molecule has 3 aromatic carbocycles. The second kappa shape index (κ2) is 10.2. The van der Waals surface area contributed by atoms with E-state index in [2.05, 4.69) is 11.9 Å². The van der Waals surface area contributed by atoms with Crippen molar-refractivity contribution in [2.24, 2.45) is 0 Å². The van der Waals surface area contributed by atoms with Gasteiger partial charge in [0.25, 0.3) is 17.3 Å². The summed E-state index contributed by atoms with van der Waals surface area (Å²) in [5.74, 6) is -0.969. The number of carbonyl (C=O) groups is 1. The SMILES string of the molecule is C=CC[C@@H](c1ccccc1)[C@H](NC(=O)c1cc([N+](=O)[O-])cc([N+](=O)[O-])c1N)c1ccccc1. The highest BCUT2D eigenvalue weighted by Crippen LogP contribution is 2.36. The molecule has 0 fully saturated rings. The van der Waals surface area contributed by atoms with Crippen LogP contribution in [0.5, 0.6) is 0 Å². The lowest BCUT2D eigenvalue weighted by Gasteiger charge is -2.28. The van der Waals surface area contributed by atoms with Gasteiger partial charge in [-0.3, -0.25) is 25.0 Å². The van der Waals surface area contributed by atoms with E-state index in [0.717, 1.165) is 23.3 Å². The van der Waals surface area contributed by atoms with E-state index < -0.39 is 38.9 Å².